The predicted molar refractivity (Wildman–Crippen MR) is 85.5 cm³/mol. The van der Waals surface area contributed by atoms with Gasteiger partial charge < -0.3 is 24.1 Å². The molecule has 2 aromatic heterocycles. The van der Waals surface area contributed by atoms with E-state index in [1.165, 1.54) is 0 Å². The van der Waals surface area contributed by atoms with Gasteiger partial charge in [-0.1, -0.05) is 36.4 Å². The molecule has 0 aliphatic heterocycles. The first-order chi connectivity index (χ1) is 11.5. The van der Waals surface area contributed by atoms with Crippen LogP contribution in [0.4, 0.5) is 0 Å². The Labute approximate surface area is 197 Å². The Hall–Kier alpha value is -0.400. The van der Waals surface area contributed by atoms with Gasteiger partial charge in [0.05, 0.1) is 11.0 Å². The Morgan fingerprint density at radius 2 is 1.46 bits per heavy atom. The molecule has 0 aliphatic carbocycles. The van der Waals surface area contributed by atoms with Crippen LogP contribution in [0.15, 0.2) is 58.8 Å². The van der Waals surface area contributed by atoms with E-state index >= 15 is 0 Å². The summed E-state index contributed by atoms with van der Waals surface area (Å²) in [5.74, 6) is 0. The van der Waals surface area contributed by atoms with Crippen LogP contribution in [-0.2, 0) is 22.2 Å². The van der Waals surface area contributed by atoms with E-state index in [-0.39, 0.29) is 69.4 Å². The molecule has 0 saturated heterocycles. The van der Waals surface area contributed by atoms with E-state index in [9.17, 15) is 17.5 Å². The number of fused-ring (bicyclic) bond motifs is 2. The second-order valence-electron chi connectivity index (χ2n) is 4.52. The Morgan fingerprint density at radius 3 is 2.04 bits per heavy atom. The summed E-state index contributed by atoms with van der Waals surface area (Å²) >= 11 is -4.61. The fourth-order valence-corrected chi connectivity index (χ4v) is 2.68. The maximum Gasteiger partial charge on any atom is 1.00 e. The molecule has 0 radical (unpaired) electrons. The summed E-state index contributed by atoms with van der Waals surface area (Å²) in [6.45, 7) is 0. The minimum absolute atomic E-state index is 0. The Kier molecular flexibility index (Phi) is 9.83. The van der Waals surface area contributed by atoms with Crippen molar-refractivity contribution in [3.05, 3.63) is 48.5 Å². The molecule has 4 rings (SSSR count). The van der Waals surface area contributed by atoms with E-state index in [0.717, 1.165) is 5.52 Å². The van der Waals surface area contributed by atoms with Crippen molar-refractivity contribution >= 4 is 44.2 Å². The van der Waals surface area contributed by atoms with Gasteiger partial charge in [-0.05, 0) is 39.4 Å². The first kappa shape index (κ1) is 23.6. The number of hydrogen-bond acceptors (Lipinski definition) is 6. The van der Waals surface area contributed by atoms with Gasteiger partial charge in [-0.3, -0.25) is 8.42 Å². The topological polar surface area (TPSA) is 136 Å². The quantitative estimate of drug-likeness (QED) is 0.260. The normalized spacial score (nSPS) is 12.4. The van der Waals surface area contributed by atoms with Gasteiger partial charge in [-0.25, -0.2) is 4.98 Å². The molecule has 8 nitrogen and oxygen atoms in total. The molecule has 4 aromatic rings. The maximum absolute atomic E-state index is 10.5. The van der Waals surface area contributed by atoms with E-state index in [0.29, 0.717) is 16.6 Å². The van der Waals surface area contributed by atoms with Crippen LogP contribution in [-0.4, -0.2) is 32.5 Å². The molecule has 124 valence electrons. The van der Waals surface area contributed by atoms with E-state index in [1.807, 2.05) is 6.07 Å². The molecule has 0 saturated carbocycles. The number of hydrogen-bond donors (Lipinski definition) is 1. The van der Waals surface area contributed by atoms with Crippen LogP contribution in [0.1, 0.15) is 0 Å². The molecular formula is C14H9N4Na2O4S2-. The van der Waals surface area contributed by atoms with Gasteiger partial charge in [0.15, 0.2) is 5.16 Å². The van der Waals surface area contributed by atoms with Gasteiger partial charge >= 0.3 is 59.1 Å². The zero-order valence-electron chi connectivity index (χ0n) is 13.9. The second kappa shape index (κ2) is 10.8. The number of aromatic amines is 1. The van der Waals surface area contributed by atoms with Crippen molar-refractivity contribution in [1.29, 1.82) is 0 Å². The molecule has 0 bridgehead atoms. The average molecular weight is 407 g/mol. The number of H-pyrrole nitrogens is 1. The first-order valence-corrected chi connectivity index (χ1v) is 8.72. The Morgan fingerprint density at radius 1 is 0.846 bits per heavy atom. The molecule has 2 aromatic carbocycles. The Bertz CT molecular complexity index is 903. The summed E-state index contributed by atoms with van der Waals surface area (Å²) in [5.41, 5.74) is 2.61. The molecule has 2 unspecified atom stereocenters. The van der Waals surface area contributed by atoms with Crippen LogP contribution >= 0.6 is 0 Å². The molecule has 0 spiro atoms. The molecule has 2 atom stereocenters. The number of imidazole rings is 2. The van der Waals surface area contributed by atoms with Crippen LogP contribution < -0.4 is 64.1 Å². The molecule has 2 heterocycles. The fourth-order valence-electron chi connectivity index (χ4n) is 1.97. The van der Waals surface area contributed by atoms with Crippen LogP contribution in [0.5, 0.6) is 0 Å². The number of nitrogens with one attached hydrogen (secondary N) is 1. The third-order valence-electron chi connectivity index (χ3n) is 2.99. The zero-order chi connectivity index (χ0) is 17.1. The minimum atomic E-state index is -2.33. The molecule has 0 aliphatic rings. The van der Waals surface area contributed by atoms with Crippen molar-refractivity contribution < 1.29 is 76.6 Å². The third kappa shape index (κ3) is 5.80. The van der Waals surface area contributed by atoms with Crippen molar-refractivity contribution in [2.24, 2.45) is 0 Å². The summed E-state index contributed by atoms with van der Waals surface area (Å²) in [4.78, 5) is 14.1. The smallest absolute Gasteiger partial charge is 0.769 e. The largest absolute Gasteiger partial charge is 1.00 e. The third-order valence-corrected chi connectivity index (χ3v) is 3.98. The molecular weight excluding hydrogens is 398 g/mol. The van der Waals surface area contributed by atoms with Gasteiger partial charge in [-0.2, -0.15) is 0 Å². The Balaban J connectivity index is 0.000000241. The monoisotopic (exact) mass is 407 g/mol. The standard InChI is InChI=1S/C7H6N2O2S.C7H5N2O2S.2Na/c2*10-12(11)7-8-5-3-1-2-4-6(5)9-7;;/h1-4H,(H,8,9)(H,10,11);1-4H,(H-,8,9,10,11);;/q;-1;2*+1/p-2. The average Bonchev–Trinajstić information content (AvgIpc) is 3.19. The van der Waals surface area contributed by atoms with Crippen molar-refractivity contribution in [3.8, 4) is 0 Å². The summed E-state index contributed by atoms with van der Waals surface area (Å²) in [5, 5.41) is -0.160. The number of aromatic nitrogens is 4. The molecule has 1 N–H and O–H groups in total. The second-order valence-corrected chi connectivity index (χ2v) is 6.21. The van der Waals surface area contributed by atoms with E-state index in [2.05, 4.69) is 19.9 Å². The summed E-state index contributed by atoms with van der Waals surface area (Å²) < 4.78 is 41.8. The van der Waals surface area contributed by atoms with Crippen LogP contribution in [0.2, 0.25) is 0 Å². The van der Waals surface area contributed by atoms with Gasteiger partial charge in [-0.15, -0.1) is 0 Å². The first-order valence-electron chi connectivity index (χ1n) is 6.57. The zero-order valence-corrected chi connectivity index (χ0v) is 19.5. The summed E-state index contributed by atoms with van der Waals surface area (Å²) in [6, 6.07) is 14.2. The van der Waals surface area contributed by atoms with E-state index in [1.54, 1.807) is 42.5 Å². The summed E-state index contributed by atoms with van der Waals surface area (Å²) in [7, 11) is 0. The summed E-state index contributed by atoms with van der Waals surface area (Å²) in [6.07, 6.45) is 0. The van der Waals surface area contributed by atoms with Gasteiger partial charge in [0, 0.05) is 11.1 Å². The molecule has 12 heteroatoms. The number of para-hydroxylation sites is 4. The van der Waals surface area contributed by atoms with E-state index in [4.69, 9.17) is 0 Å². The van der Waals surface area contributed by atoms with Crippen molar-refractivity contribution in [2.75, 3.05) is 0 Å². The number of rotatable bonds is 2. The van der Waals surface area contributed by atoms with Gasteiger partial charge in [0.25, 0.3) is 0 Å². The minimum Gasteiger partial charge on any atom is -0.769 e. The van der Waals surface area contributed by atoms with Crippen LogP contribution in [0.25, 0.3) is 22.1 Å². The van der Waals surface area contributed by atoms with Gasteiger partial charge in [0.2, 0.25) is 0 Å². The van der Waals surface area contributed by atoms with Crippen molar-refractivity contribution in [1.82, 2.24) is 19.9 Å². The molecule has 0 fully saturated rings. The van der Waals surface area contributed by atoms with Gasteiger partial charge in [0.1, 0.15) is 0 Å². The predicted octanol–water partition coefficient (Wildman–Crippen LogP) is -4.76. The number of benzene rings is 2. The van der Waals surface area contributed by atoms with Crippen molar-refractivity contribution in [3.63, 3.8) is 0 Å². The SMILES string of the molecule is O=S([O-])c1nc2ccccc2[n-]1.O=S([O-])c1nc2ccccc2[nH]1.[Na+].[Na+]. The van der Waals surface area contributed by atoms with E-state index < -0.39 is 22.2 Å². The van der Waals surface area contributed by atoms with Crippen molar-refractivity contribution in [2.45, 2.75) is 10.3 Å². The maximum atomic E-state index is 10.5. The number of nitrogens with zero attached hydrogens (tertiary/aromatic N) is 3. The van der Waals surface area contributed by atoms with Crippen LogP contribution in [0, 0.1) is 0 Å². The molecule has 0 amide bonds. The molecule has 26 heavy (non-hydrogen) atoms. The van der Waals surface area contributed by atoms with Crippen LogP contribution in [0.3, 0.4) is 0 Å². The fraction of sp³-hybridized carbons (Fsp3) is 0.